The van der Waals surface area contributed by atoms with E-state index in [9.17, 15) is 8.42 Å². The van der Waals surface area contributed by atoms with Crippen molar-refractivity contribution in [1.29, 1.82) is 0 Å². The summed E-state index contributed by atoms with van der Waals surface area (Å²) in [5.74, 6) is 2.96. The molecule has 1 aliphatic heterocycles. The fourth-order valence-electron chi connectivity index (χ4n) is 3.17. The molecule has 1 saturated heterocycles. The Bertz CT molecular complexity index is 603. The molecule has 1 aromatic rings. The second-order valence-electron chi connectivity index (χ2n) is 6.70. The number of furan rings is 1. The van der Waals surface area contributed by atoms with Crippen molar-refractivity contribution >= 4 is 10.2 Å². The topological polar surface area (TPSA) is 53.8 Å². The van der Waals surface area contributed by atoms with Crippen LogP contribution in [0.5, 0.6) is 0 Å². The van der Waals surface area contributed by atoms with Crippen molar-refractivity contribution in [2.45, 2.75) is 51.5 Å². The highest BCUT2D eigenvalue weighted by Gasteiger charge is 2.37. The molecule has 2 atom stereocenters. The molecule has 22 heavy (non-hydrogen) atoms. The summed E-state index contributed by atoms with van der Waals surface area (Å²) in [4.78, 5) is 0. The van der Waals surface area contributed by atoms with E-state index < -0.39 is 10.2 Å². The third kappa shape index (κ3) is 3.39. The lowest BCUT2D eigenvalue weighted by molar-refractivity contribution is 0.341. The Morgan fingerprint density at radius 3 is 2.45 bits per heavy atom. The maximum atomic E-state index is 12.7. The zero-order valence-corrected chi connectivity index (χ0v) is 14.3. The molecule has 5 nitrogen and oxygen atoms in total. The van der Waals surface area contributed by atoms with Crippen LogP contribution in [0.25, 0.3) is 0 Å². The van der Waals surface area contributed by atoms with Gasteiger partial charge in [0, 0.05) is 26.1 Å². The molecule has 0 unspecified atom stereocenters. The van der Waals surface area contributed by atoms with Crippen LogP contribution in [0.3, 0.4) is 0 Å². The fourth-order valence-corrected chi connectivity index (χ4v) is 4.57. The molecule has 0 aromatic carbocycles. The van der Waals surface area contributed by atoms with Gasteiger partial charge in [-0.2, -0.15) is 17.0 Å². The lowest BCUT2D eigenvalue weighted by atomic mass is 10.2. The molecule has 0 N–H and O–H groups in total. The highest BCUT2D eigenvalue weighted by atomic mass is 32.2. The molecule has 0 amide bonds. The Morgan fingerprint density at radius 1 is 1.23 bits per heavy atom. The molecular weight excluding hydrogens is 300 g/mol. The van der Waals surface area contributed by atoms with Crippen LogP contribution in [0.15, 0.2) is 16.5 Å². The van der Waals surface area contributed by atoms with Crippen LogP contribution in [0.2, 0.25) is 0 Å². The van der Waals surface area contributed by atoms with Crippen LogP contribution in [0.1, 0.15) is 56.5 Å². The molecular formula is C16H26N2O3S. The molecule has 124 valence electrons. The van der Waals surface area contributed by atoms with E-state index in [0.717, 1.165) is 37.2 Å². The van der Waals surface area contributed by atoms with Gasteiger partial charge >= 0.3 is 0 Å². The van der Waals surface area contributed by atoms with Crippen molar-refractivity contribution in [3.63, 3.8) is 0 Å². The molecule has 1 aromatic heterocycles. The summed E-state index contributed by atoms with van der Waals surface area (Å²) >= 11 is 0. The summed E-state index contributed by atoms with van der Waals surface area (Å²) in [7, 11) is -1.74. The average Bonchev–Trinajstić information content (AvgIpc) is 3.14. The monoisotopic (exact) mass is 326 g/mol. The standard InChI is InChI=1S/C16H26N2O3S/c1-13-11-15(13)16-8-7-14(21-16)12-17(2)22(19,20)18-9-5-3-4-6-10-18/h7-8,13,15H,3-6,9-12H2,1-2H3/t13-,15-/m1/s1. The SMILES string of the molecule is C[C@@H]1C[C@H]1c1ccc(CN(C)S(=O)(=O)N2CCCCCC2)o1. The zero-order valence-electron chi connectivity index (χ0n) is 13.5. The predicted molar refractivity (Wildman–Crippen MR) is 85.7 cm³/mol. The summed E-state index contributed by atoms with van der Waals surface area (Å²) in [6.45, 7) is 3.79. The minimum absolute atomic E-state index is 0.305. The first-order valence-electron chi connectivity index (χ1n) is 8.28. The van der Waals surface area contributed by atoms with Crippen LogP contribution >= 0.6 is 0 Å². The van der Waals surface area contributed by atoms with Crippen molar-refractivity contribution in [3.8, 4) is 0 Å². The fraction of sp³-hybridized carbons (Fsp3) is 0.750. The molecule has 3 rings (SSSR count). The van der Waals surface area contributed by atoms with Gasteiger partial charge in [0.05, 0.1) is 6.54 Å². The summed E-state index contributed by atoms with van der Waals surface area (Å²) in [6, 6.07) is 3.91. The maximum Gasteiger partial charge on any atom is 0.282 e. The molecule has 0 bridgehead atoms. The van der Waals surface area contributed by atoms with Crippen LogP contribution in [0, 0.1) is 5.92 Å². The Labute approximate surface area is 133 Å². The van der Waals surface area contributed by atoms with Crippen LogP contribution in [-0.2, 0) is 16.8 Å². The highest BCUT2D eigenvalue weighted by Crippen LogP contribution is 2.47. The van der Waals surface area contributed by atoms with Crippen LogP contribution in [-0.4, -0.2) is 37.2 Å². The molecule has 2 fully saturated rings. The van der Waals surface area contributed by atoms with Gasteiger partial charge in [-0.25, -0.2) is 0 Å². The van der Waals surface area contributed by atoms with Gasteiger partial charge in [0.1, 0.15) is 11.5 Å². The quantitative estimate of drug-likeness (QED) is 0.836. The third-order valence-electron chi connectivity index (χ3n) is 4.82. The van der Waals surface area contributed by atoms with Gasteiger partial charge in [-0.3, -0.25) is 0 Å². The first kappa shape index (κ1) is 16.0. The van der Waals surface area contributed by atoms with E-state index in [2.05, 4.69) is 6.92 Å². The lowest BCUT2D eigenvalue weighted by Gasteiger charge is -2.25. The zero-order chi connectivity index (χ0) is 15.7. The minimum Gasteiger partial charge on any atom is -0.464 e. The van der Waals surface area contributed by atoms with Gasteiger partial charge in [0.2, 0.25) is 0 Å². The van der Waals surface area contributed by atoms with E-state index in [1.807, 2.05) is 12.1 Å². The number of hydrogen-bond acceptors (Lipinski definition) is 3. The van der Waals surface area contributed by atoms with E-state index in [1.165, 1.54) is 10.7 Å². The lowest BCUT2D eigenvalue weighted by Crippen LogP contribution is -2.41. The van der Waals surface area contributed by atoms with E-state index in [4.69, 9.17) is 4.42 Å². The summed E-state index contributed by atoms with van der Waals surface area (Å²) in [6.07, 6.45) is 5.33. The molecule has 2 aliphatic rings. The normalized spacial score (nSPS) is 27.0. The van der Waals surface area contributed by atoms with E-state index in [0.29, 0.717) is 31.5 Å². The van der Waals surface area contributed by atoms with Crippen molar-refractivity contribution in [1.82, 2.24) is 8.61 Å². The van der Waals surface area contributed by atoms with Crippen LogP contribution in [0.4, 0.5) is 0 Å². The number of hydrogen-bond donors (Lipinski definition) is 0. The highest BCUT2D eigenvalue weighted by molar-refractivity contribution is 7.86. The van der Waals surface area contributed by atoms with Gasteiger partial charge in [0.15, 0.2) is 0 Å². The molecule has 6 heteroatoms. The molecule has 0 spiro atoms. The van der Waals surface area contributed by atoms with Gasteiger partial charge in [0.25, 0.3) is 10.2 Å². The van der Waals surface area contributed by atoms with E-state index in [1.54, 1.807) is 11.4 Å². The van der Waals surface area contributed by atoms with Crippen molar-refractivity contribution in [3.05, 3.63) is 23.7 Å². The van der Waals surface area contributed by atoms with Crippen LogP contribution < -0.4 is 0 Å². The van der Waals surface area contributed by atoms with E-state index in [-0.39, 0.29) is 0 Å². The predicted octanol–water partition coefficient (Wildman–Crippen LogP) is 2.96. The third-order valence-corrected chi connectivity index (χ3v) is 6.76. The largest absolute Gasteiger partial charge is 0.464 e. The van der Waals surface area contributed by atoms with E-state index >= 15 is 0 Å². The summed E-state index contributed by atoms with van der Waals surface area (Å²) < 4.78 is 34.2. The van der Waals surface area contributed by atoms with Crippen molar-refractivity contribution < 1.29 is 12.8 Å². The Morgan fingerprint density at radius 2 is 1.86 bits per heavy atom. The van der Waals surface area contributed by atoms with Gasteiger partial charge in [-0.15, -0.1) is 0 Å². The van der Waals surface area contributed by atoms with Gasteiger partial charge < -0.3 is 4.42 Å². The minimum atomic E-state index is -3.38. The van der Waals surface area contributed by atoms with Gasteiger partial charge in [-0.05, 0) is 37.3 Å². The first-order valence-corrected chi connectivity index (χ1v) is 9.68. The molecule has 2 heterocycles. The number of nitrogens with zero attached hydrogens (tertiary/aromatic N) is 2. The molecule has 1 saturated carbocycles. The molecule has 1 aliphatic carbocycles. The Hall–Kier alpha value is -0.850. The first-order chi connectivity index (χ1) is 10.5. The molecule has 0 radical (unpaired) electrons. The van der Waals surface area contributed by atoms with Crippen molar-refractivity contribution in [2.24, 2.45) is 5.92 Å². The summed E-state index contributed by atoms with van der Waals surface area (Å²) in [5.41, 5.74) is 0. The second kappa shape index (κ2) is 6.34. The second-order valence-corrected chi connectivity index (χ2v) is 8.74. The van der Waals surface area contributed by atoms with Crippen molar-refractivity contribution in [2.75, 3.05) is 20.1 Å². The number of rotatable bonds is 5. The summed E-state index contributed by atoms with van der Waals surface area (Å²) in [5, 5.41) is 0. The maximum absolute atomic E-state index is 12.7. The Balaban J connectivity index is 1.64. The Kier molecular flexibility index (Phi) is 4.61. The average molecular weight is 326 g/mol. The van der Waals surface area contributed by atoms with Gasteiger partial charge in [-0.1, -0.05) is 19.8 Å². The smallest absolute Gasteiger partial charge is 0.282 e.